The van der Waals surface area contributed by atoms with Crippen LogP contribution in [-0.4, -0.2) is 55.6 Å². The predicted molar refractivity (Wildman–Crippen MR) is 101 cm³/mol. The van der Waals surface area contributed by atoms with Crippen molar-refractivity contribution in [3.8, 4) is 5.75 Å². The van der Waals surface area contributed by atoms with Crippen molar-refractivity contribution in [2.45, 2.75) is 45.8 Å². The van der Waals surface area contributed by atoms with Gasteiger partial charge in [-0.2, -0.15) is 0 Å². The summed E-state index contributed by atoms with van der Waals surface area (Å²) in [7, 11) is 1.75. The van der Waals surface area contributed by atoms with Crippen LogP contribution in [0.2, 0.25) is 0 Å². The molecule has 2 unspecified atom stereocenters. The van der Waals surface area contributed by atoms with E-state index in [0.717, 1.165) is 31.2 Å². The van der Waals surface area contributed by atoms with Crippen molar-refractivity contribution < 1.29 is 9.53 Å². The summed E-state index contributed by atoms with van der Waals surface area (Å²) in [6, 6.07) is 8.29. The fourth-order valence-corrected chi connectivity index (χ4v) is 2.85. The molecule has 0 radical (unpaired) electrons. The number of aryl methyl sites for hydroxylation is 1. The fourth-order valence-electron chi connectivity index (χ4n) is 2.85. The average molecular weight is 346 g/mol. The molecule has 1 amide bonds. The molecule has 6 nitrogen and oxygen atoms in total. The molecule has 0 saturated carbocycles. The number of benzene rings is 1. The first-order valence-corrected chi connectivity index (χ1v) is 9.00. The molecule has 1 saturated heterocycles. The molecule has 0 aromatic heterocycles. The summed E-state index contributed by atoms with van der Waals surface area (Å²) in [6.45, 7) is 8.19. The normalized spacial score (nSPS) is 18.8. The molecule has 0 aliphatic carbocycles. The Morgan fingerprint density at radius 1 is 1.40 bits per heavy atom. The van der Waals surface area contributed by atoms with Gasteiger partial charge in [0.25, 0.3) is 0 Å². The van der Waals surface area contributed by atoms with E-state index in [9.17, 15) is 4.79 Å². The molecule has 1 heterocycles. The summed E-state index contributed by atoms with van der Waals surface area (Å²) >= 11 is 0. The Balaban J connectivity index is 1.74. The van der Waals surface area contributed by atoms with Gasteiger partial charge in [-0.15, -0.1) is 0 Å². The molecule has 0 spiro atoms. The van der Waals surface area contributed by atoms with Crippen LogP contribution in [0.15, 0.2) is 29.3 Å². The zero-order valence-corrected chi connectivity index (χ0v) is 15.7. The highest BCUT2D eigenvalue weighted by Crippen LogP contribution is 2.13. The Hall–Kier alpha value is -2.24. The quantitative estimate of drug-likeness (QED) is 0.610. The van der Waals surface area contributed by atoms with Crippen LogP contribution >= 0.6 is 0 Å². The molecule has 2 rings (SSSR count). The standard InChI is InChI=1S/C19H30N4O2/c1-5-18(24)23-11-10-16(13-23)22-19(20-4)21-12-15(3)25-17-8-6-14(2)7-9-17/h6-9,15-16H,5,10-13H2,1-4H3,(H2,20,21,22). The second-order valence-electron chi connectivity index (χ2n) is 6.52. The number of nitrogens with one attached hydrogen (secondary N) is 2. The predicted octanol–water partition coefficient (Wildman–Crippen LogP) is 1.94. The van der Waals surface area contributed by atoms with Crippen LogP contribution in [0, 0.1) is 6.92 Å². The van der Waals surface area contributed by atoms with Gasteiger partial charge in [0, 0.05) is 32.6 Å². The number of nitrogens with zero attached hydrogens (tertiary/aromatic N) is 2. The van der Waals surface area contributed by atoms with Gasteiger partial charge in [-0.05, 0) is 32.4 Å². The topological polar surface area (TPSA) is 66.0 Å². The molecule has 1 aliphatic rings. The first kappa shape index (κ1) is 19.1. The minimum Gasteiger partial charge on any atom is -0.489 e. The molecule has 2 N–H and O–H groups in total. The van der Waals surface area contributed by atoms with Crippen molar-refractivity contribution in [3.63, 3.8) is 0 Å². The Kier molecular flexibility index (Phi) is 7.10. The fraction of sp³-hybridized carbons (Fsp3) is 0.579. The number of guanidine groups is 1. The Morgan fingerprint density at radius 2 is 2.12 bits per heavy atom. The molecular weight excluding hydrogens is 316 g/mol. The number of carbonyl (C=O) groups is 1. The average Bonchev–Trinajstić information content (AvgIpc) is 3.08. The van der Waals surface area contributed by atoms with E-state index in [1.54, 1.807) is 7.05 Å². The van der Waals surface area contributed by atoms with E-state index < -0.39 is 0 Å². The summed E-state index contributed by atoms with van der Waals surface area (Å²) in [5.74, 6) is 1.83. The Labute approximate surface area is 150 Å². The minimum absolute atomic E-state index is 0.0167. The third-order valence-electron chi connectivity index (χ3n) is 4.32. The Morgan fingerprint density at radius 3 is 2.76 bits per heavy atom. The van der Waals surface area contributed by atoms with Gasteiger partial charge >= 0.3 is 0 Å². The number of aliphatic imine (C=N–C) groups is 1. The van der Waals surface area contributed by atoms with Gasteiger partial charge in [0.05, 0.1) is 6.54 Å². The number of hydrogen-bond acceptors (Lipinski definition) is 3. The van der Waals surface area contributed by atoms with Gasteiger partial charge in [-0.3, -0.25) is 9.79 Å². The van der Waals surface area contributed by atoms with E-state index in [-0.39, 0.29) is 18.1 Å². The van der Waals surface area contributed by atoms with Gasteiger partial charge < -0.3 is 20.3 Å². The van der Waals surface area contributed by atoms with Gasteiger partial charge in [0.15, 0.2) is 5.96 Å². The van der Waals surface area contributed by atoms with Crippen LogP contribution in [0.3, 0.4) is 0 Å². The molecule has 0 bridgehead atoms. The molecule has 1 aromatic rings. The van der Waals surface area contributed by atoms with E-state index >= 15 is 0 Å². The van der Waals surface area contributed by atoms with Gasteiger partial charge in [0.2, 0.25) is 5.91 Å². The van der Waals surface area contributed by atoms with Crippen LogP contribution in [0.1, 0.15) is 32.3 Å². The maximum absolute atomic E-state index is 11.8. The lowest BCUT2D eigenvalue weighted by molar-refractivity contribution is -0.129. The van der Waals surface area contributed by atoms with Crippen LogP contribution in [0.25, 0.3) is 0 Å². The molecule has 1 fully saturated rings. The highest BCUT2D eigenvalue weighted by atomic mass is 16.5. The van der Waals surface area contributed by atoms with E-state index in [0.29, 0.717) is 13.0 Å². The highest BCUT2D eigenvalue weighted by molar-refractivity contribution is 5.80. The van der Waals surface area contributed by atoms with Crippen LogP contribution < -0.4 is 15.4 Å². The smallest absolute Gasteiger partial charge is 0.222 e. The summed E-state index contributed by atoms with van der Waals surface area (Å²) < 4.78 is 5.90. The highest BCUT2D eigenvalue weighted by Gasteiger charge is 2.25. The first-order valence-electron chi connectivity index (χ1n) is 9.00. The van der Waals surface area contributed by atoms with Crippen molar-refractivity contribution in [1.29, 1.82) is 0 Å². The van der Waals surface area contributed by atoms with Gasteiger partial charge in [-0.1, -0.05) is 24.6 Å². The molecule has 2 atom stereocenters. The maximum Gasteiger partial charge on any atom is 0.222 e. The molecule has 1 aliphatic heterocycles. The largest absolute Gasteiger partial charge is 0.489 e. The van der Waals surface area contributed by atoms with E-state index in [1.165, 1.54) is 5.56 Å². The zero-order valence-electron chi connectivity index (χ0n) is 15.7. The summed E-state index contributed by atoms with van der Waals surface area (Å²) in [5.41, 5.74) is 1.22. The van der Waals surface area contributed by atoms with Crippen molar-refractivity contribution in [3.05, 3.63) is 29.8 Å². The molecule has 138 valence electrons. The SMILES string of the molecule is CCC(=O)N1CCC(NC(=NC)NCC(C)Oc2ccc(C)cc2)C1. The molecular formula is C19H30N4O2. The number of amides is 1. The number of carbonyl (C=O) groups excluding carboxylic acids is 1. The lowest BCUT2D eigenvalue weighted by Gasteiger charge is -2.21. The number of likely N-dealkylation sites (tertiary alicyclic amines) is 1. The first-order chi connectivity index (χ1) is 12.0. The van der Waals surface area contributed by atoms with Crippen molar-refractivity contribution >= 4 is 11.9 Å². The summed E-state index contributed by atoms with van der Waals surface area (Å²) in [5, 5.41) is 6.69. The monoisotopic (exact) mass is 346 g/mol. The number of hydrogen-bond donors (Lipinski definition) is 2. The Bertz CT molecular complexity index is 586. The molecule has 6 heteroatoms. The van der Waals surface area contributed by atoms with Gasteiger partial charge in [0.1, 0.15) is 11.9 Å². The second kappa shape index (κ2) is 9.30. The molecule has 25 heavy (non-hydrogen) atoms. The summed E-state index contributed by atoms with van der Waals surface area (Å²) in [4.78, 5) is 17.9. The van der Waals surface area contributed by atoms with E-state index in [2.05, 4.69) is 22.5 Å². The van der Waals surface area contributed by atoms with Crippen molar-refractivity contribution in [1.82, 2.24) is 15.5 Å². The summed E-state index contributed by atoms with van der Waals surface area (Å²) in [6.07, 6.45) is 1.53. The third-order valence-corrected chi connectivity index (χ3v) is 4.32. The van der Waals surface area contributed by atoms with Crippen LogP contribution in [0.5, 0.6) is 5.75 Å². The lowest BCUT2D eigenvalue weighted by Crippen LogP contribution is -2.47. The van der Waals surface area contributed by atoms with Gasteiger partial charge in [-0.25, -0.2) is 0 Å². The van der Waals surface area contributed by atoms with Crippen molar-refractivity contribution in [2.75, 3.05) is 26.7 Å². The number of ether oxygens (including phenoxy) is 1. The zero-order chi connectivity index (χ0) is 18.2. The number of rotatable bonds is 6. The van der Waals surface area contributed by atoms with Crippen LogP contribution in [0.4, 0.5) is 0 Å². The second-order valence-corrected chi connectivity index (χ2v) is 6.52. The maximum atomic E-state index is 11.8. The minimum atomic E-state index is 0.0167. The van der Waals surface area contributed by atoms with E-state index in [1.807, 2.05) is 43.0 Å². The van der Waals surface area contributed by atoms with Crippen molar-refractivity contribution in [2.24, 2.45) is 4.99 Å². The molecule has 1 aromatic carbocycles. The third kappa shape index (κ3) is 5.96. The van der Waals surface area contributed by atoms with E-state index in [4.69, 9.17) is 4.74 Å². The van der Waals surface area contributed by atoms with Crippen LogP contribution in [-0.2, 0) is 4.79 Å². The lowest BCUT2D eigenvalue weighted by atomic mass is 10.2.